The largest absolute Gasteiger partial charge is 0.379 e. The van der Waals surface area contributed by atoms with Crippen LogP contribution in [-0.2, 0) is 9.47 Å². The van der Waals surface area contributed by atoms with Crippen molar-refractivity contribution in [2.24, 2.45) is 0 Å². The van der Waals surface area contributed by atoms with Crippen molar-refractivity contribution in [2.45, 2.75) is 12.1 Å². The molecule has 28 heavy (non-hydrogen) atoms. The fraction of sp³-hybridized carbons (Fsp3) is 0.450. The van der Waals surface area contributed by atoms with Gasteiger partial charge in [-0.05, 0) is 23.8 Å². The molecule has 0 radical (unpaired) electrons. The first-order valence-corrected chi connectivity index (χ1v) is 9.84. The van der Waals surface area contributed by atoms with Crippen molar-refractivity contribution in [2.75, 3.05) is 46.0 Å². The zero-order chi connectivity index (χ0) is 19.3. The molecule has 0 spiro atoms. The van der Waals surface area contributed by atoms with Gasteiger partial charge in [0, 0.05) is 44.8 Å². The lowest BCUT2D eigenvalue weighted by Gasteiger charge is -2.43. The average Bonchev–Trinajstić information content (AvgIpc) is 2.75. The van der Waals surface area contributed by atoms with Gasteiger partial charge >= 0.3 is 0 Å². The Labute approximate surface area is 169 Å². The maximum atomic E-state index is 13.2. The Morgan fingerprint density at radius 3 is 2.71 bits per heavy atom. The maximum absolute atomic E-state index is 13.2. The molecule has 148 valence electrons. The number of nitrogens with zero attached hydrogens (tertiary/aromatic N) is 4. The lowest BCUT2D eigenvalue weighted by molar-refractivity contribution is -0.0820. The zero-order valence-corrected chi connectivity index (χ0v) is 16.3. The summed E-state index contributed by atoms with van der Waals surface area (Å²) < 4.78 is 11.6. The minimum atomic E-state index is -0.227. The van der Waals surface area contributed by atoms with Crippen LogP contribution < -0.4 is 0 Å². The number of aromatic nitrogens is 2. The monoisotopic (exact) mass is 402 g/mol. The molecule has 0 N–H and O–H groups in total. The Bertz CT molecular complexity index is 784. The molecule has 0 unspecified atom stereocenters. The number of pyridine rings is 2. The minimum absolute atomic E-state index is 0.124. The predicted molar refractivity (Wildman–Crippen MR) is 104 cm³/mol. The highest BCUT2D eigenvalue weighted by molar-refractivity contribution is 6.30. The van der Waals surface area contributed by atoms with Crippen LogP contribution in [-0.4, -0.2) is 77.8 Å². The van der Waals surface area contributed by atoms with Crippen LogP contribution in [0.5, 0.6) is 0 Å². The molecule has 0 aliphatic carbocycles. The summed E-state index contributed by atoms with van der Waals surface area (Å²) in [5, 5.41) is 0.507. The molecule has 8 heteroatoms. The Morgan fingerprint density at radius 2 is 2.00 bits per heavy atom. The quantitative estimate of drug-likeness (QED) is 0.779. The van der Waals surface area contributed by atoms with Crippen LogP contribution in [0.4, 0.5) is 0 Å². The SMILES string of the molecule is O=C(c1ccc(Cl)cn1)N1CCO[C@@H](CN2CCOCC2)[C@@H]1c1cccnc1. The molecule has 7 nitrogen and oxygen atoms in total. The fourth-order valence-electron chi connectivity index (χ4n) is 3.75. The van der Waals surface area contributed by atoms with Crippen LogP contribution in [0.15, 0.2) is 42.9 Å². The first kappa shape index (κ1) is 19.3. The van der Waals surface area contributed by atoms with E-state index in [2.05, 4.69) is 14.9 Å². The molecule has 2 atom stereocenters. The number of carbonyl (C=O) groups is 1. The number of hydrogen-bond acceptors (Lipinski definition) is 6. The van der Waals surface area contributed by atoms with Crippen molar-refractivity contribution >= 4 is 17.5 Å². The van der Waals surface area contributed by atoms with E-state index >= 15 is 0 Å². The molecule has 0 aromatic carbocycles. The van der Waals surface area contributed by atoms with Crippen LogP contribution in [0.1, 0.15) is 22.1 Å². The van der Waals surface area contributed by atoms with Crippen LogP contribution in [0, 0.1) is 0 Å². The van der Waals surface area contributed by atoms with Crippen LogP contribution in [0.25, 0.3) is 0 Å². The van der Waals surface area contributed by atoms with Crippen molar-refractivity contribution < 1.29 is 14.3 Å². The van der Waals surface area contributed by atoms with Crippen molar-refractivity contribution in [1.82, 2.24) is 19.8 Å². The number of halogens is 1. The van der Waals surface area contributed by atoms with Gasteiger partial charge in [-0.1, -0.05) is 17.7 Å². The van der Waals surface area contributed by atoms with Crippen molar-refractivity contribution in [3.8, 4) is 0 Å². The molecule has 0 bridgehead atoms. The van der Waals surface area contributed by atoms with Gasteiger partial charge in [0.25, 0.3) is 5.91 Å². The van der Waals surface area contributed by atoms with E-state index in [1.807, 2.05) is 17.0 Å². The van der Waals surface area contributed by atoms with Gasteiger partial charge in [-0.3, -0.25) is 14.7 Å². The highest BCUT2D eigenvalue weighted by Gasteiger charge is 2.38. The highest BCUT2D eigenvalue weighted by atomic mass is 35.5. The molecule has 4 heterocycles. The first-order valence-electron chi connectivity index (χ1n) is 9.46. The molecule has 0 saturated carbocycles. The van der Waals surface area contributed by atoms with E-state index in [9.17, 15) is 4.79 Å². The van der Waals surface area contributed by atoms with Crippen molar-refractivity contribution in [3.05, 3.63) is 59.1 Å². The number of ether oxygens (including phenoxy) is 2. The van der Waals surface area contributed by atoms with E-state index in [4.69, 9.17) is 21.1 Å². The molecule has 2 aliphatic heterocycles. The number of carbonyl (C=O) groups excluding carboxylic acids is 1. The topological polar surface area (TPSA) is 67.8 Å². The molecule has 2 saturated heterocycles. The third-order valence-electron chi connectivity index (χ3n) is 5.13. The van der Waals surface area contributed by atoms with Gasteiger partial charge in [0.05, 0.1) is 37.0 Å². The van der Waals surface area contributed by atoms with Gasteiger partial charge in [-0.25, -0.2) is 4.98 Å². The smallest absolute Gasteiger partial charge is 0.273 e. The van der Waals surface area contributed by atoms with Crippen molar-refractivity contribution in [3.63, 3.8) is 0 Å². The summed E-state index contributed by atoms with van der Waals surface area (Å²) in [4.78, 5) is 25.9. The molecular weight excluding hydrogens is 380 g/mol. The van der Waals surface area contributed by atoms with E-state index in [1.165, 1.54) is 6.20 Å². The van der Waals surface area contributed by atoms with Crippen molar-refractivity contribution in [1.29, 1.82) is 0 Å². The summed E-state index contributed by atoms with van der Waals surface area (Å²) >= 11 is 5.93. The standard InChI is InChI=1S/C20H23ClN4O3/c21-16-3-4-17(23-13-16)20(26)25-8-11-28-18(14-24-6-9-27-10-7-24)19(25)15-2-1-5-22-12-15/h1-5,12-13,18-19H,6-11,14H2/t18-,19-/m0/s1. The van der Waals surface area contributed by atoms with Crippen LogP contribution in [0.3, 0.4) is 0 Å². The summed E-state index contributed by atoms with van der Waals surface area (Å²) in [6.07, 6.45) is 4.89. The van der Waals surface area contributed by atoms with Crippen LogP contribution >= 0.6 is 11.6 Å². The summed E-state index contributed by atoms with van der Waals surface area (Å²) in [5.74, 6) is -0.124. The summed E-state index contributed by atoms with van der Waals surface area (Å²) in [7, 11) is 0. The van der Waals surface area contributed by atoms with E-state index in [1.54, 1.807) is 24.5 Å². The zero-order valence-electron chi connectivity index (χ0n) is 15.5. The van der Waals surface area contributed by atoms with Gasteiger partial charge in [-0.2, -0.15) is 0 Å². The van der Waals surface area contributed by atoms with E-state index in [0.29, 0.717) is 23.9 Å². The molecule has 2 fully saturated rings. The molecule has 2 aromatic rings. The fourth-order valence-corrected chi connectivity index (χ4v) is 3.86. The van der Waals surface area contributed by atoms with E-state index < -0.39 is 0 Å². The number of amides is 1. The van der Waals surface area contributed by atoms with E-state index in [-0.39, 0.29) is 18.1 Å². The van der Waals surface area contributed by atoms with Gasteiger partial charge in [0.1, 0.15) is 5.69 Å². The number of morpholine rings is 2. The molecular formula is C20H23ClN4O3. The van der Waals surface area contributed by atoms with Gasteiger partial charge < -0.3 is 14.4 Å². The maximum Gasteiger partial charge on any atom is 0.273 e. The number of hydrogen-bond donors (Lipinski definition) is 0. The Morgan fingerprint density at radius 1 is 1.14 bits per heavy atom. The second kappa shape index (κ2) is 8.96. The van der Waals surface area contributed by atoms with Gasteiger partial charge in [0.15, 0.2) is 0 Å². The lowest BCUT2D eigenvalue weighted by Crippen LogP contribution is -2.53. The van der Waals surface area contributed by atoms with E-state index in [0.717, 1.165) is 38.4 Å². The third kappa shape index (κ3) is 4.33. The highest BCUT2D eigenvalue weighted by Crippen LogP contribution is 2.31. The average molecular weight is 403 g/mol. The Hall–Kier alpha value is -2.06. The Kier molecular flexibility index (Phi) is 6.17. The first-order chi connectivity index (χ1) is 13.7. The second-order valence-electron chi connectivity index (χ2n) is 6.91. The van der Waals surface area contributed by atoms with Gasteiger partial charge in [-0.15, -0.1) is 0 Å². The summed E-state index contributed by atoms with van der Waals surface area (Å²) in [5.41, 5.74) is 1.34. The lowest BCUT2D eigenvalue weighted by atomic mass is 9.98. The van der Waals surface area contributed by atoms with Crippen LogP contribution in [0.2, 0.25) is 5.02 Å². The second-order valence-corrected chi connectivity index (χ2v) is 7.35. The molecule has 2 aromatic heterocycles. The Balaban J connectivity index is 1.61. The molecule has 4 rings (SSSR count). The molecule has 1 amide bonds. The third-order valence-corrected chi connectivity index (χ3v) is 5.35. The predicted octanol–water partition coefficient (Wildman–Crippen LogP) is 2.04. The number of rotatable bonds is 4. The molecule has 2 aliphatic rings. The van der Waals surface area contributed by atoms with Gasteiger partial charge in [0.2, 0.25) is 0 Å². The normalized spacial score (nSPS) is 23.5. The minimum Gasteiger partial charge on any atom is -0.379 e. The summed E-state index contributed by atoms with van der Waals surface area (Å²) in [6.45, 7) is 4.91. The summed E-state index contributed by atoms with van der Waals surface area (Å²) in [6, 6.07) is 7.01.